The summed E-state index contributed by atoms with van der Waals surface area (Å²) in [4.78, 5) is 12.9. The van der Waals surface area contributed by atoms with Gasteiger partial charge in [0.2, 0.25) is 0 Å². The number of hydrogen-bond donors (Lipinski definition) is 2. The fourth-order valence-corrected chi connectivity index (χ4v) is 2.32. The second kappa shape index (κ2) is 7.92. The van der Waals surface area contributed by atoms with E-state index in [0.717, 1.165) is 16.0 Å². The number of nitrogens with one attached hydrogen (secondary N) is 2. The number of amides is 1. The van der Waals surface area contributed by atoms with Gasteiger partial charge in [0.25, 0.3) is 5.91 Å². The Morgan fingerprint density at radius 1 is 1.18 bits per heavy atom. The van der Waals surface area contributed by atoms with E-state index in [9.17, 15) is 9.18 Å². The van der Waals surface area contributed by atoms with Gasteiger partial charge in [-0.15, -0.1) is 0 Å². The molecule has 2 aromatic rings. The van der Waals surface area contributed by atoms with Crippen LogP contribution in [0.1, 0.15) is 11.1 Å². The molecule has 0 saturated heterocycles. The standard InChI is InChI=1S/C17H18ClFN2O/c1-21(11-14-3-2-4-16(19)9-14)12-17(22)20-10-13-5-7-15(18)8-6-13/h2-9H,10-12H2,1H3,(H,20,22)/p+1. The molecule has 0 aliphatic rings. The molecule has 0 fully saturated rings. The topological polar surface area (TPSA) is 33.5 Å². The van der Waals surface area contributed by atoms with Gasteiger partial charge >= 0.3 is 0 Å². The molecular formula is C17H19ClFN2O+. The number of carbonyl (C=O) groups is 1. The molecule has 0 spiro atoms. The third-order valence-corrected chi connectivity index (χ3v) is 3.51. The Hall–Kier alpha value is -1.91. The lowest BCUT2D eigenvalue weighted by molar-refractivity contribution is -0.885. The van der Waals surface area contributed by atoms with Crippen molar-refractivity contribution in [1.29, 1.82) is 0 Å². The minimum Gasteiger partial charge on any atom is -0.347 e. The van der Waals surface area contributed by atoms with Crippen LogP contribution in [0.2, 0.25) is 5.02 Å². The molecule has 0 aliphatic heterocycles. The van der Waals surface area contributed by atoms with E-state index in [4.69, 9.17) is 11.6 Å². The van der Waals surface area contributed by atoms with E-state index >= 15 is 0 Å². The fourth-order valence-electron chi connectivity index (χ4n) is 2.20. The number of benzene rings is 2. The lowest BCUT2D eigenvalue weighted by atomic mass is 10.2. The van der Waals surface area contributed by atoms with Crippen LogP contribution >= 0.6 is 11.6 Å². The zero-order chi connectivity index (χ0) is 15.9. The molecule has 1 atom stereocenters. The first-order chi connectivity index (χ1) is 10.5. The van der Waals surface area contributed by atoms with Crippen LogP contribution in [-0.2, 0) is 17.9 Å². The monoisotopic (exact) mass is 321 g/mol. The lowest BCUT2D eigenvalue weighted by Crippen LogP contribution is -3.08. The quantitative estimate of drug-likeness (QED) is 0.836. The predicted molar refractivity (Wildman–Crippen MR) is 85.2 cm³/mol. The Kier molecular flexibility index (Phi) is 5.92. The number of rotatable bonds is 6. The van der Waals surface area contributed by atoms with Gasteiger partial charge in [-0.1, -0.05) is 35.9 Å². The largest absolute Gasteiger partial charge is 0.347 e. The van der Waals surface area contributed by atoms with E-state index in [2.05, 4.69) is 5.32 Å². The summed E-state index contributed by atoms with van der Waals surface area (Å²) >= 11 is 5.81. The summed E-state index contributed by atoms with van der Waals surface area (Å²) in [6.45, 7) is 1.42. The Bertz CT molecular complexity index is 631. The van der Waals surface area contributed by atoms with Crippen molar-refractivity contribution >= 4 is 17.5 Å². The summed E-state index contributed by atoms with van der Waals surface area (Å²) < 4.78 is 13.1. The minimum atomic E-state index is -0.252. The molecule has 2 aromatic carbocycles. The zero-order valence-electron chi connectivity index (χ0n) is 12.4. The van der Waals surface area contributed by atoms with E-state index in [0.29, 0.717) is 24.7 Å². The Morgan fingerprint density at radius 2 is 1.91 bits per heavy atom. The van der Waals surface area contributed by atoms with Crippen molar-refractivity contribution in [3.8, 4) is 0 Å². The molecule has 1 unspecified atom stereocenters. The second-order valence-electron chi connectivity index (χ2n) is 5.34. The Morgan fingerprint density at radius 3 is 2.59 bits per heavy atom. The van der Waals surface area contributed by atoms with Crippen LogP contribution in [-0.4, -0.2) is 19.5 Å². The summed E-state index contributed by atoms with van der Waals surface area (Å²) in [5.41, 5.74) is 1.88. The summed E-state index contributed by atoms with van der Waals surface area (Å²) in [6.07, 6.45) is 0. The molecule has 0 heterocycles. The Balaban J connectivity index is 1.77. The second-order valence-corrected chi connectivity index (χ2v) is 5.78. The highest BCUT2D eigenvalue weighted by atomic mass is 35.5. The van der Waals surface area contributed by atoms with E-state index in [1.807, 2.05) is 25.2 Å². The van der Waals surface area contributed by atoms with Crippen LogP contribution in [0.5, 0.6) is 0 Å². The van der Waals surface area contributed by atoms with Crippen LogP contribution in [0.25, 0.3) is 0 Å². The smallest absolute Gasteiger partial charge is 0.275 e. The lowest BCUT2D eigenvalue weighted by Gasteiger charge is -2.14. The van der Waals surface area contributed by atoms with E-state index < -0.39 is 0 Å². The average Bonchev–Trinajstić information content (AvgIpc) is 2.46. The van der Waals surface area contributed by atoms with Crippen molar-refractivity contribution < 1.29 is 14.1 Å². The third kappa shape index (κ3) is 5.47. The Labute approximate surface area is 134 Å². The van der Waals surface area contributed by atoms with Crippen molar-refractivity contribution in [2.45, 2.75) is 13.1 Å². The summed E-state index contributed by atoms with van der Waals surface area (Å²) in [6, 6.07) is 13.8. The third-order valence-electron chi connectivity index (χ3n) is 3.26. The maximum absolute atomic E-state index is 13.1. The van der Waals surface area contributed by atoms with Crippen molar-refractivity contribution in [2.24, 2.45) is 0 Å². The van der Waals surface area contributed by atoms with Crippen LogP contribution in [0.3, 0.4) is 0 Å². The van der Waals surface area contributed by atoms with Gasteiger partial charge in [-0.25, -0.2) is 4.39 Å². The van der Waals surface area contributed by atoms with Gasteiger partial charge in [0, 0.05) is 17.1 Å². The number of likely N-dealkylation sites (N-methyl/N-ethyl adjacent to an activating group) is 1. The molecule has 0 bridgehead atoms. The average molecular weight is 322 g/mol. The van der Waals surface area contributed by atoms with Gasteiger partial charge in [-0.3, -0.25) is 4.79 Å². The van der Waals surface area contributed by atoms with E-state index in [1.165, 1.54) is 12.1 Å². The fraction of sp³-hybridized carbons (Fsp3) is 0.235. The molecule has 5 heteroatoms. The van der Waals surface area contributed by atoms with Gasteiger partial charge in [0.15, 0.2) is 6.54 Å². The van der Waals surface area contributed by atoms with Crippen molar-refractivity contribution in [2.75, 3.05) is 13.6 Å². The molecule has 0 aromatic heterocycles. The molecule has 3 nitrogen and oxygen atoms in total. The van der Waals surface area contributed by atoms with Gasteiger partial charge in [-0.2, -0.15) is 0 Å². The first kappa shape index (κ1) is 16.5. The molecule has 1 amide bonds. The normalized spacial score (nSPS) is 12.0. The van der Waals surface area contributed by atoms with E-state index in [-0.39, 0.29) is 11.7 Å². The molecule has 22 heavy (non-hydrogen) atoms. The van der Waals surface area contributed by atoms with E-state index in [1.54, 1.807) is 18.2 Å². The van der Waals surface area contributed by atoms with Crippen LogP contribution in [0, 0.1) is 5.82 Å². The highest BCUT2D eigenvalue weighted by Crippen LogP contribution is 2.08. The highest BCUT2D eigenvalue weighted by molar-refractivity contribution is 6.30. The van der Waals surface area contributed by atoms with Gasteiger partial charge in [0.1, 0.15) is 12.4 Å². The molecule has 0 aliphatic carbocycles. The first-order valence-corrected chi connectivity index (χ1v) is 7.47. The summed E-state index contributed by atoms with van der Waals surface area (Å²) in [5, 5.41) is 3.54. The first-order valence-electron chi connectivity index (χ1n) is 7.10. The zero-order valence-corrected chi connectivity index (χ0v) is 13.2. The SMILES string of the molecule is C[NH+](CC(=O)NCc1ccc(Cl)cc1)Cc1cccc(F)c1. The number of hydrogen-bond acceptors (Lipinski definition) is 1. The molecule has 2 rings (SSSR count). The number of carbonyl (C=O) groups excluding carboxylic acids is 1. The van der Waals surface area contributed by atoms with Gasteiger partial charge in [-0.05, 0) is 29.8 Å². The minimum absolute atomic E-state index is 0.0381. The summed E-state index contributed by atoms with van der Waals surface area (Å²) in [7, 11) is 1.91. The van der Waals surface area contributed by atoms with Gasteiger partial charge < -0.3 is 10.2 Å². The molecule has 2 N–H and O–H groups in total. The van der Waals surface area contributed by atoms with Crippen molar-refractivity contribution in [3.05, 3.63) is 70.5 Å². The van der Waals surface area contributed by atoms with Gasteiger partial charge in [0.05, 0.1) is 7.05 Å². The van der Waals surface area contributed by atoms with Crippen LogP contribution in [0.15, 0.2) is 48.5 Å². The van der Waals surface area contributed by atoms with Crippen LogP contribution < -0.4 is 10.2 Å². The molecule has 0 saturated carbocycles. The molecular weight excluding hydrogens is 303 g/mol. The maximum Gasteiger partial charge on any atom is 0.275 e. The molecule has 0 radical (unpaired) electrons. The predicted octanol–water partition coefficient (Wildman–Crippen LogP) is 1.81. The summed E-state index contributed by atoms with van der Waals surface area (Å²) in [5.74, 6) is -0.290. The maximum atomic E-state index is 13.1. The number of quaternary nitrogens is 1. The number of halogens is 2. The molecule has 116 valence electrons. The highest BCUT2D eigenvalue weighted by Gasteiger charge is 2.10. The van der Waals surface area contributed by atoms with Crippen LogP contribution in [0.4, 0.5) is 4.39 Å². The van der Waals surface area contributed by atoms with Crippen molar-refractivity contribution in [1.82, 2.24) is 5.32 Å². The van der Waals surface area contributed by atoms with Crippen molar-refractivity contribution in [3.63, 3.8) is 0 Å².